The van der Waals surface area contributed by atoms with Crippen molar-refractivity contribution in [2.45, 2.75) is 19.8 Å². The van der Waals surface area contributed by atoms with E-state index in [-0.39, 0.29) is 11.9 Å². The quantitative estimate of drug-likeness (QED) is 0.743. The number of fused-ring (bicyclic) bond motifs is 2. The molecule has 1 N–H and O–H groups in total. The molecule has 2 aromatic heterocycles. The van der Waals surface area contributed by atoms with E-state index in [9.17, 15) is 4.79 Å². The summed E-state index contributed by atoms with van der Waals surface area (Å²) in [5.41, 5.74) is 4.66. The van der Waals surface area contributed by atoms with Crippen LogP contribution < -0.4 is 4.74 Å². The average Bonchev–Trinajstić information content (AvgIpc) is 3.19. The summed E-state index contributed by atoms with van der Waals surface area (Å²) >= 11 is 0. The lowest BCUT2D eigenvalue weighted by molar-refractivity contribution is -0.191. The van der Waals surface area contributed by atoms with Crippen LogP contribution in [0, 0.1) is 6.92 Å². The van der Waals surface area contributed by atoms with E-state index >= 15 is 0 Å². The number of H-pyrrole nitrogens is 1. The first-order valence-electron chi connectivity index (χ1n) is 7.84. The molecule has 0 fully saturated rings. The average molecular weight is 336 g/mol. The van der Waals surface area contributed by atoms with Crippen molar-refractivity contribution in [1.29, 1.82) is 0 Å². The van der Waals surface area contributed by atoms with Crippen molar-refractivity contribution in [3.8, 4) is 5.75 Å². The molecule has 1 aliphatic heterocycles. The molecule has 4 rings (SSSR count). The van der Waals surface area contributed by atoms with E-state index < -0.39 is 0 Å². The Kier molecular flexibility index (Phi) is 4.73. The number of rotatable bonds is 3. The van der Waals surface area contributed by atoms with Gasteiger partial charge in [0.1, 0.15) is 11.4 Å². The number of para-hydroxylation sites is 1. The molecule has 0 saturated heterocycles. The number of aromatic amines is 1. The molecule has 6 heteroatoms. The zero-order chi connectivity index (χ0) is 17.8. The van der Waals surface area contributed by atoms with E-state index in [0.29, 0.717) is 18.6 Å². The molecule has 6 nitrogen and oxygen atoms in total. The smallest absolute Gasteiger partial charge is 0.373 e. The van der Waals surface area contributed by atoms with Gasteiger partial charge in [-0.2, -0.15) is 9.59 Å². The number of nitrogens with zero attached hydrogens (tertiary/aromatic N) is 1. The van der Waals surface area contributed by atoms with Gasteiger partial charge in [-0.15, -0.1) is 0 Å². The second-order valence-electron chi connectivity index (χ2n) is 5.81. The molecule has 0 spiro atoms. The summed E-state index contributed by atoms with van der Waals surface area (Å²) in [5.74, 6) is 0.839. The molecule has 0 bridgehead atoms. The first-order valence-corrected chi connectivity index (χ1v) is 7.84. The van der Waals surface area contributed by atoms with E-state index in [0.717, 1.165) is 40.0 Å². The minimum Gasteiger partial charge on any atom is -0.492 e. The number of hydrogen-bond acceptors (Lipinski definition) is 5. The van der Waals surface area contributed by atoms with Crippen LogP contribution in [0.25, 0.3) is 11.0 Å². The van der Waals surface area contributed by atoms with E-state index in [1.807, 2.05) is 37.3 Å². The fraction of sp³-hybridized carbons (Fsp3) is 0.211. The first-order chi connectivity index (χ1) is 12.1. The van der Waals surface area contributed by atoms with Crippen molar-refractivity contribution < 1.29 is 19.1 Å². The summed E-state index contributed by atoms with van der Waals surface area (Å²) in [5, 5.41) is 1.04. The van der Waals surface area contributed by atoms with Gasteiger partial charge in [-0.1, -0.05) is 12.1 Å². The van der Waals surface area contributed by atoms with Crippen molar-refractivity contribution in [3.05, 3.63) is 58.9 Å². The monoisotopic (exact) mass is 336 g/mol. The maximum Gasteiger partial charge on any atom is 0.373 e. The lowest BCUT2D eigenvalue weighted by Gasteiger charge is -2.07. The highest BCUT2D eigenvalue weighted by molar-refractivity contribution is 6.00. The number of aryl methyl sites for hydroxylation is 1. The molecule has 0 unspecified atom stereocenters. The number of Topliss-reactive ketones (excluding diaryl/α,β-unsaturated/α-hetero) is 1. The van der Waals surface area contributed by atoms with Crippen LogP contribution >= 0.6 is 0 Å². The van der Waals surface area contributed by atoms with Crippen molar-refractivity contribution >= 4 is 23.0 Å². The Morgan fingerprint density at radius 1 is 1.32 bits per heavy atom. The van der Waals surface area contributed by atoms with Crippen molar-refractivity contribution in [1.82, 2.24) is 9.97 Å². The first kappa shape index (κ1) is 16.6. The minimum absolute atomic E-state index is 0.0761. The molecule has 25 heavy (non-hydrogen) atoms. The highest BCUT2D eigenvalue weighted by Crippen LogP contribution is 2.30. The molecular weight excluding hydrogens is 320 g/mol. The summed E-state index contributed by atoms with van der Waals surface area (Å²) in [6.07, 6.45) is 3.24. The Bertz CT molecular complexity index is 969. The molecule has 0 atom stereocenters. The van der Waals surface area contributed by atoms with Gasteiger partial charge in [-0.05, 0) is 36.2 Å². The van der Waals surface area contributed by atoms with E-state index in [1.165, 1.54) is 0 Å². The Hall–Kier alpha value is -3.24. The van der Waals surface area contributed by atoms with Gasteiger partial charge in [0.05, 0.1) is 12.2 Å². The third-order valence-corrected chi connectivity index (χ3v) is 4.04. The summed E-state index contributed by atoms with van der Waals surface area (Å²) in [6, 6.07) is 9.86. The van der Waals surface area contributed by atoms with Crippen LogP contribution in [-0.2, 0) is 22.4 Å². The second kappa shape index (κ2) is 7.11. The van der Waals surface area contributed by atoms with Crippen LogP contribution in [0.3, 0.4) is 0 Å². The summed E-state index contributed by atoms with van der Waals surface area (Å²) in [6.45, 7) is 2.66. The van der Waals surface area contributed by atoms with E-state index in [2.05, 4.69) is 9.97 Å². The highest BCUT2D eigenvalue weighted by Gasteiger charge is 2.20. The fourth-order valence-electron chi connectivity index (χ4n) is 3.01. The maximum absolute atomic E-state index is 12.6. The standard InChI is InChI=1S/C18H16N2O2.CO2/c1-11-7-14-8-12(10-19-18(14)20-11)9-16(21)15-4-2-3-13-5-6-22-17(13)15;2-1-3/h2-4,7-8,10H,5-6,9H2,1H3,(H,19,20);. The molecule has 126 valence electrons. The number of aromatic nitrogens is 2. The van der Waals surface area contributed by atoms with Crippen LogP contribution in [0.15, 0.2) is 36.5 Å². The third-order valence-electron chi connectivity index (χ3n) is 4.04. The molecule has 0 saturated carbocycles. The van der Waals surface area contributed by atoms with Gasteiger partial charge in [0.2, 0.25) is 0 Å². The zero-order valence-electron chi connectivity index (χ0n) is 13.7. The topological polar surface area (TPSA) is 89.1 Å². The van der Waals surface area contributed by atoms with Gasteiger partial charge in [-0.3, -0.25) is 4.79 Å². The van der Waals surface area contributed by atoms with Gasteiger partial charge in [0.25, 0.3) is 0 Å². The second-order valence-corrected chi connectivity index (χ2v) is 5.81. The number of hydrogen-bond donors (Lipinski definition) is 1. The van der Waals surface area contributed by atoms with Crippen molar-refractivity contribution in [2.75, 3.05) is 6.61 Å². The number of benzene rings is 1. The molecule has 1 aromatic carbocycles. The van der Waals surface area contributed by atoms with Gasteiger partial charge < -0.3 is 9.72 Å². The molecule has 0 aliphatic carbocycles. The van der Waals surface area contributed by atoms with Crippen LogP contribution in [0.1, 0.15) is 27.2 Å². The lowest BCUT2D eigenvalue weighted by atomic mass is 10.0. The lowest BCUT2D eigenvalue weighted by Crippen LogP contribution is -2.06. The Morgan fingerprint density at radius 2 is 2.12 bits per heavy atom. The number of carbonyl (C=O) groups excluding carboxylic acids is 3. The highest BCUT2D eigenvalue weighted by atomic mass is 16.5. The van der Waals surface area contributed by atoms with Crippen LogP contribution in [0.5, 0.6) is 5.75 Å². The number of ether oxygens (including phenoxy) is 1. The van der Waals surface area contributed by atoms with Gasteiger partial charge >= 0.3 is 6.15 Å². The van der Waals surface area contributed by atoms with Crippen LogP contribution in [-0.4, -0.2) is 28.5 Å². The predicted octanol–water partition coefficient (Wildman–Crippen LogP) is 2.65. The minimum atomic E-state index is 0.0761. The molecule has 0 radical (unpaired) electrons. The molecule has 3 aromatic rings. The zero-order valence-corrected chi connectivity index (χ0v) is 13.7. The molecule has 3 heterocycles. The number of carbonyl (C=O) groups is 1. The van der Waals surface area contributed by atoms with Gasteiger partial charge in [-0.25, -0.2) is 4.98 Å². The molecular formula is C19H16N2O4. The van der Waals surface area contributed by atoms with Crippen LogP contribution in [0.4, 0.5) is 0 Å². The Labute approximate surface area is 143 Å². The van der Waals surface area contributed by atoms with Crippen molar-refractivity contribution in [2.24, 2.45) is 0 Å². The van der Waals surface area contributed by atoms with Gasteiger partial charge in [0.15, 0.2) is 5.78 Å². The number of ketones is 1. The fourth-order valence-corrected chi connectivity index (χ4v) is 3.01. The van der Waals surface area contributed by atoms with E-state index in [4.69, 9.17) is 14.3 Å². The van der Waals surface area contributed by atoms with Gasteiger partial charge in [0, 0.05) is 30.1 Å². The summed E-state index contributed by atoms with van der Waals surface area (Å²) < 4.78 is 5.62. The Balaban J connectivity index is 0.000000569. The van der Waals surface area contributed by atoms with Crippen LogP contribution in [0.2, 0.25) is 0 Å². The van der Waals surface area contributed by atoms with Crippen molar-refractivity contribution in [3.63, 3.8) is 0 Å². The van der Waals surface area contributed by atoms with E-state index in [1.54, 1.807) is 6.20 Å². The summed E-state index contributed by atoms with van der Waals surface area (Å²) in [7, 11) is 0. The normalized spacial score (nSPS) is 11.9. The largest absolute Gasteiger partial charge is 0.492 e. The predicted molar refractivity (Wildman–Crippen MR) is 89.5 cm³/mol. The summed E-state index contributed by atoms with van der Waals surface area (Å²) in [4.78, 5) is 36.4. The maximum atomic E-state index is 12.6. The SMILES string of the molecule is Cc1cc2cc(CC(=O)c3cccc4c3OCC4)cnc2[nH]1.O=C=O. The number of nitrogens with one attached hydrogen (secondary N) is 1. The molecule has 0 amide bonds. The molecule has 1 aliphatic rings. The Morgan fingerprint density at radius 3 is 2.92 bits per heavy atom. The number of pyridine rings is 1. The third kappa shape index (κ3) is 3.49.